The number of fused-ring (bicyclic) bond motifs is 2. The molecule has 0 spiro atoms. The number of halogens is 1. The predicted octanol–water partition coefficient (Wildman–Crippen LogP) is 4.58. The fourth-order valence-corrected chi connectivity index (χ4v) is 5.77. The van der Waals surface area contributed by atoms with Crippen LogP contribution in [0.4, 0.5) is 11.4 Å². The quantitative estimate of drug-likeness (QED) is 0.514. The van der Waals surface area contributed by atoms with Gasteiger partial charge in [0.2, 0.25) is 5.88 Å². The lowest BCUT2D eigenvalue weighted by molar-refractivity contribution is 0.273. The molecule has 0 bridgehead atoms. The van der Waals surface area contributed by atoms with Crippen LogP contribution in [0.3, 0.4) is 0 Å². The molecule has 0 unspecified atom stereocenters. The van der Waals surface area contributed by atoms with Gasteiger partial charge >= 0.3 is 0 Å². The van der Waals surface area contributed by atoms with Crippen LogP contribution in [0.1, 0.15) is 23.1 Å². The van der Waals surface area contributed by atoms with Crippen LogP contribution >= 0.6 is 11.6 Å². The molecule has 0 saturated heterocycles. The maximum atomic E-state index is 13.3. The lowest BCUT2D eigenvalue weighted by atomic mass is 10.1. The molecule has 2 aliphatic heterocycles. The van der Waals surface area contributed by atoms with Gasteiger partial charge < -0.3 is 19.1 Å². The number of nitrogens with one attached hydrogen (secondary N) is 1. The number of ether oxygens (including phenoxy) is 3. The first-order chi connectivity index (χ1) is 16.8. The maximum Gasteiger partial charge on any atom is 0.262 e. The van der Waals surface area contributed by atoms with Gasteiger partial charge in [-0.25, -0.2) is 13.4 Å². The third-order valence-corrected chi connectivity index (χ3v) is 8.05. The number of pyridine rings is 1. The number of benzene rings is 2. The average Bonchev–Trinajstić information content (AvgIpc) is 2.85. The first-order valence-corrected chi connectivity index (χ1v) is 13.2. The van der Waals surface area contributed by atoms with Crippen LogP contribution in [-0.4, -0.2) is 40.2 Å². The molecule has 8 nitrogen and oxygen atoms in total. The number of hydrogen-bond acceptors (Lipinski definition) is 7. The van der Waals surface area contributed by atoms with E-state index in [0.717, 1.165) is 42.0 Å². The number of nitrogens with zero attached hydrogens (tertiary/aromatic N) is 2. The summed E-state index contributed by atoms with van der Waals surface area (Å²) in [6.45, 7) is 3.77. The largest absolute Gasteiger partial charge is 0.491 e. The molecule has 184 valence electrons. The van der Waals surface area contributed by atoms with E-state index in [-0.39, 0.29) is 23.1 Å². The van der Waals surface area contributed by atoms with Gasteiger partial charge in [0.15, 0.2) is 11.4 Å². The molecule has 1 N–H and O–H groups in total. The molecule has 3 heterocycles. The van der Waals surface area contributed by atoms with Gasteiger partial charge in [-0.1, -0.05) is 23.7 Å². The Hall–Kier alpha value is -3.17. The second kappa shape index (κ2) is 9.47. The molecule has 1 aromatic heterocycles. The molecular weight excluding hydrogens is 490 g/mol. The monoisotopic (exact) mass is 515 g/mol. The van der Waals surface area contributed by atoms with E-state index in [1.807, 2.05) is 25.2 Å². The van der Waals surface area contributed by atoms with Crippen molar-refractivity contribution >= 4 is 33.0 Å². The number of aromatic nitrogens is 1. The van der Waals surface area contributed by atoms with Crippen molar-refractivity contribution in [2.24, 2.45) is 0 Å². The summed E-state index contributed by atoms with van der Waals surface area (Å²) in [6, 6.07) is 10.6. The highest BCUT2D eigenvalue weighted by molar-refractivity contribution is 7.92. The summed E-state index contributed by atoms with van der Waals surface area (Å²) in [6.07, 6.45) is 3.25. The Morgan fingerprint density at radius 2 is 2.06 bits per heavy atom. The Bertz CT molecular complexity index is 1380. The lowest BCUT2D eigenvalue weighted by Gasteiger charge is -2.28. The SMILES string of the molecule is Cc1c(Cl)cccc1S(=O)(=O)Nc1c(OCc2ccc3c(c2)OCCN3C)ncc2c1OCCC2. The van der Waals surface area contributed by atoms with Crippen LogP contribution in [0.2, 0.25) is 5.02 Å². The van der Waals surface area contributed by atoms with Crippen LogP contribution in [0.5, 0.6) is 17.4 Å². The third-order valence-electron chi connectivity index (χ3n) is 6.15. The zero-order chi connectivity index (χ0) is 24.6. The molecule has 35 heavy (non-hydrogen) atoms. The highest BCUT2D eigenvalue weighted by Crippen LogP contribution is 2.41. The summed E-state index contributed by atoms with van der Waals surface area (Å²) >= 11 is 6.18. The fraction of sp³-hybridized carbons (Fsp3) is 0.320. The van der Waals surface area contributed by atoms with Crippen molar-refractivity contribution < 1.29 is 22.6 Å². The molecule has 2 aliphatic rings. The van der Waals surface area contributed by atoms with Crippen LogP contribution in [0.25, 0.3) is 0 Å². The lowest BCUT2D eigenvalue weighted by Crippen LogP contribution is -2.28. The van der Waals surface area contributed by atoms with E-state index in [4.69, 9.17) is 25.8 Å². The molecule has 0 saturated carbocycles. The van der Waals surface area contributed by atoms with E-state index < -0.39 is 10.0 Å². The molecule has 0 radical (unpaired) electrons. The fourth-order valence-electron chi connectivity index (χ4n) is 4.21. The van der Waals surface area contributed by atoms with E-state index in [9.17, 15) is 8.42 Å². The zero-order valence-corrected chi connectivity index (χ0v) is 21.1. The summed E-state index contributed by atoms with van der Waals surface area (Å²) in [5.74, 6) is 1.38. The molecule has 10 heteroatoms. The van der Waals surface area contributed by atoms with Gasteiger partial charge in [-0.05, 0) is 55.2 Å². The van der Waals surface area contributed by atoms with E-state index >= 15 is 0 Å². The van der Waals surface area contributed by atoms with Crippen LogP contribution < -0.4 is 23.8 Å². The minimum Gasteiger partial charge on any atom is -0.491 e. The van der Waals surface area contributed by atoms with Gasteiger partial charge in [0.05, 0.1) is 23.7 Å². The molecule has 0 amide bonds. The minimum absolute atomic E-state index is 0.0836. The normalized spacial score (nSPS) is 14.9. The summed E-state index contributed by atoms with van der Waals surface area (Å²) in [7, 11) is -1.96. The Labute approximate surface area is 209 Å². The zero-order valence-electron chi connectivity index (χ0n) is 19.5. The summed E-state index contributed by atoms with van der Waals surface area (Å²) < 4.78 is 47.0. The molecule has 5 rings (SSSR count). The topological polar surface area (TPSA) is 90.0 Å². The van der Waals surface area contributed by atoms with Crippen molar-refractivity contribution in [3.63, 3.8) is 0 Å². The number of aryl methyl sites for hydroxylation is 1. The summed E-state index contributed by atoms with van der Waals surface area (Å²) in [5, 5.41) is 0.370. The van der Waals surface area contributed by atoms with Gasteiger partial charge in [-0.2, -0.15) is 0 Å². The number of anilines is 2. The van der Waals surface area contributed by atoms with Crippen molar-refractivity contribution in [2.75, 3.05) is 36.4 Å². The predicted molar refractivity (Wildman–Crippen MR) is 135 cm³/mol. The molecule has 0 aliphatic carbocycles. The maximum absolute atomic E-state index is 13.3. The smallest absolute Gasteiger partial charge is 0.262 e. The Balaban J connectivity index is 1.46. The standard InChI is InChI=1S/C25H26ClN3O5S/c1-16-19(26)6-3-7-22(16)35(30,31)28-23-24-18(5-4-11-33-24)14-27-25(23)34-15-17-8-9-20-21(13-17)32-12-10-29(20)2/h3,6-9,13-14,28H,4-5,10-12,15H2,1-2H3. The van der Waals surface area contributed by atoms with Gasteiger partial charge in [-0.3, -0.25) is 4.72 Å². The molecular formula is C25H26ClN3O5S. The number of likely N-dealkylation sites (N-methyl/N-ethyl adjacent to an activating group) is 1. The molecule has 0 atom stereocenters. The van der Waals surface area contributed by atoms with Crippen molar-refractivity contribution in [2.45, 2.75) is 31.3 Å². The van der Waals surface area contributed by atoms with Crippen LogP contribution in [0, 0.1) is 6.92 Å². The first-order valence-electron chi connectivity index (χ1n) is 11.4. The number of sulfonamides is 1. The number of hydrogen-bond donors (Lipinski definition) is 1. The molecule has 0 fully saturated rings. The van der Waals surface area contributed by atoms with E-state index in [2.05, 4.69) is 14.6 Å². The Kier molecular flexibility index (Phi) is 6.37. The summed E-state index contributed by atoms with van der Waals surface area (Å²) in [4.78, 5) is 6.65. The highest BCUT2D eigenvalue weighted by Gasteiger charge is 2.27. The second-order valence-corrected chi connectivity index (χ2v) is 10.6. The Morgan fingerprint density at radius 3 is 2.91 bits per heavy atom. The van der Waals surface area contributed by atoms with Gasteiger partial charge in [-0.15, -0.1) is 0 Å². The molecule has 3 aromatic rings. The van der Waals surface area contributed by atoms with Crippen molar-refractivity contribution in [1.82, 2.24) is 4.98 Å². The van der Waals surface area contributed by atoms with Crippen LogP contribution in [0.15, 0.2) is 47.5 Å². The van der Waals surface area contributed by atoms with Crippen molar-refractivity contribution in [3.8, 4) is 17.4 Å². The third kappa shape index (κ3) is 4.70. The van der Waals surface area contributed by atoms with E-state index in [1.54, 1.807) is 25.3 Å². The van der Waals surface area contributed by atoms with Crippen molar-refractivity contribution in [3.05, 3.63) is 64.3 Å². The van der Waals surface area contributed by atoms with Gasteiger partial charge in [0, 0.05) is 23.8 Å². The van der Waals surface area contributed by atoms with Crippen LogP contribution in [-0.2, 0) is 23.1 Å². The van der Waals surface area contributed by atoms with Crippen molar-refractivity contribution in [1.29, 1.82) is 0 Å². The first kappa shape index (κ1) is 23.6. The second-order valence-electron chi connectivity index (χ2n) is 8.57. The number of rotatable bonds is 6. The van der Waals surface area contributed by atoms with E-state index in [0.29, 0.717) is 29.5 Å². The minimum atomic E-state index is -3.98. The molecule has 2 aromatic carbocycles. The Morgan fingerprint density at radius 1 is 1.20 bits per heavy atom. The van der Waals surface area contributed by atoms with Gasteiger partial charge in [0.25, 0.3) is 10.0 Å². The highest BCUT2D eigenvalue weighted by atomic mass is 35.5. The average molecular weight is 516 g/mol. The van der Waals surface area contributed by atoms with Gasteiger partial charge in [0.1, 0.15) is 19.0 Å². The van der Waals surface area contributed by atoms with E-state index in [1.165, 1.54) is 6.07 Å². The summed E-state index contributed by atoms with van der Waals surface area (Å²) in [5.41, 5.74) is 3.37.